The summed E-state index contributed by atoms with van der Waals surface area (Å²) in [6, 6.07) is 13.3. The van der Waals surface area contributed by atoms with Crippen molar-refractivity contribution in [3.63, 3.8) is 0 Å². The normalized spacial score (nSPS) is 11.0. The Balaban J connectivity index is 1.39. The van der Waals surface area contributed by atoms with Crippen LogP contribution in [0.1, 0.15) is 11.1 Å². The fourth-order valence-corrected chi connectivity index (χ4v) is 3.48. The number of hydrogen-bond donors (Lipinski definition) is 1. The van der Waals surface area contributed by atoms with E-state index >= 15 is 0 Å². The Morgan fingerprint density at radius 1 is 1.09 bits per heavy atom. The molecule has 7 nitrogen and oxygen atoms in total. The minimum Gasteiger partial charge on any atom is -0.484 e. The summed E-state index contributed by atoms with van der Waals surface area (Å²) in [5.41, 5.74) is 4.27. The van der Waals surface area contributed by atoms with Crippen LogP contribution >= 0.6 is 0 Å². The number of nitrogens with zero attached hydrogens (tertiary/aromatic N) is 3. The molecule has 0 aliphatic rings. The number of nitrogens with one attached hydrogen (secondary N) is 1. The van der Waals surface area contributed by atoms with E-state index in [0.717, 1.165) is 16.8 Å². The number of hydrogen-bond acceptors (Lipinski definition) is 4. The Kier molecular flexibility index (Phi) is 6.02. The highest BCUT2D eigenvalue weighted by Crippen LogP contribution is 2.23. The molecule has 32 heavy (non-hydrogen) atoms. The number of rotatable bonds is 7. The minimum atomic E-state index is -0.372. The predicted molar refractivity (Wildman–Crippen MR) is 119 cm³/mol. The molecule has 0 aliphatic heterocycles. The van der Waals surface area contributed by atoms with Crippen LogP contribution in [0.5, 0.6) is 5.75 Å². The van der Waals surface area contributed by atoms with Crippen molar-refractivity contribution < 1.29 is 13.9 Å². The van der Waals surface area contributed by atoms with Crippen LogP contribution in [-0.4, -0.2) is 33.2 Å². The van der Waals surface area contributed by atoms with Gasteiger partial charge in [-0.2, -0.15) is 5.10 Å². The summed E-state index contributed by atoms with van der Waals surface area (Å²) >= 11 is 0. The molecule has 0 saturated heterocycles. The van der Waals surface area contributed by atoms with Crippen molar-refractivity contribution in [1.82, 2.24) is 19.5 Å². The Morgan fingerprint density at radius 2 is 1.88 bits per heavy atom. The van der Waals surface area contributed by atoms with Gasteiger partial charge in [0.15, 0.2) is 6.61 Å². The quantitative estimate of drug-likeness (QED) is 0.485. The Labute approximate surface area is 184 Å². The van der Waals surface area contributed by atoms with Gasteiger partial charge in [-0.3, -0.25) is 9.59 Å². The van der Waals surface area contributed by atoms with Gasteiger partial charge >= 0.3 is 0 Å². The van der Waals surface area contributed by atoms with E-state index in [1.54, 1.807) is 23.0 Å². The molecule has 0 aliphatic carbocycles. The Morgan fingerprint density at radius 3 is 2.62 bits per heavy atom. The van der Waals surface area contributed by atoms with Crippen molar-refractivity contribution in [2.75, 3.05) is 13.2 Å². The van der Waals surface area contributed by atoms with E-state index in [4.69, 9.17) is 4.74 Å². The summed E-state index contributed by atoms with van der Waals surface area (Å²) in [7, 11) is 0. The first-order valence-electron chi connectivity index (χ1n) is 10.2. The molecular formula is C24H23FN4O3. The summed E-state index contributed by atoms with van der Waals surface area (Å²) < 4.78 is 21.3. The van der Waals surface area contributed by atoms with Gasteiger partial charge in [-0.15, -0.1) is 0 Å². The fraction of sp³-hybridized carbons (Fsp3) is 0.208. The fourth-order valence-electron chi connectivity index (χ4n) is 3.48. The maximum absolute atomic E-state index is 12.9. The van der Waals surface area contributed by atoms with Crippen LogP contribution < -0.4 is 15.6 Å². The minimum absolute atomic E-state index is 0.187. The summed E-state index contributed by atoms with van der Waals surface area (Å²) in [6.07, 6.45) is 3.37. The molecule has 0 saturated carbocycles. The van der Waals surface area contributed by atoms with Gasteiger partial charge in [0.25, 0.3) is 11.5 Å². The highest BCUT2D eigenvalue weighted by atomic mass is 19.1. The third kappa shape index (κ3) is 4.69. The van der Waals surface area contributed by atoms with Gasteiger partial charge in [0.2, 0.25) is 0 Å². The molecule has 0 fully saturated rings. The lowest BCUT2D eigenvalue weighted by Crippen LogP contribution is -2.33. The van der Waals surface area contributed by atoms with Crippen LogP contribution in [0.15, 0.2) is 65.7 Å². The second kappa shape index (κ2) is 9.05. The van der Waals surface area contributed by atoms with Gasteiger partial charge in [0.05, 0.1) is 5.69 Å². The summed E-state index contributed by atoms with van der Waals surface area (Å²) in [4.78, 5) is 24.8. The molecule has 4 aromatic rings. The lowest BCUT2D eigenvalue weighted by molar-refractivity contribution is -0.123. The lowest BCUT2D eigenvalue weighted by atomic mass is 10.0. The third-order valence-corrected chi connectivity index (χ3v) is 5.12. The zero-order chi connectivity index (χ0) is 22.7. The molecular weight excluding hydrogens is 411 g/mol. The number of carbonyl (C=O) groups is 1. The zero-order valence-electron chi connectivity index (χ0n) is 17.8. The SMILES string of the molecule is Cc1ccc(-c2cc3c(=O)n(CCNC(=O)COc4ccc(F)cc4)ccn3n2)c(C)c1. The van der Waals surface area contributed by atoms with E-state index in [0.29, 0.717) is 17.8 Å². The molecule has 2 aromatic carbocycles. The average Bonchev–Trinajstić information content (AvgIpc) is 3.20. The Hall–Kier alpha value is -3.94. The molecule has 2 aromatic heterocycles. The largest absolute Gasteiger partial charge is 0.484 e. The van der Waals surface area contributed by atoms with Crippen LogP contribution in [0.3, 0.4) is 0 Å². The van der Waals surface area contributed by atoms with Crippen molar-refractivity contribution in [3.8, 4) is 17.0 Å². The first kappa shape index (κ1) is 21.3. The average molecular weight is 434 g/mol. The van der Waals surface area contributed by atoms with Crippen LogP contribution in [0.2, 0.25) is 0 Å². The third-order valence-electron chi connectivity index (χ3n) is 5.12. The van der Waals surface area contributed by atoms with Crippen molar-refractivity contribution in [2.45, 2.75) is 20.4 Å². The van der Waals surface area contributed by atoms with Crippen LogP contribution in [0.4, 0.5) is 4.39 Å². The Bertz CT molecular complexity index is 1330. The van der Waals surface area contributed by atoms with E-state index in [9.17, 15) is 14.0 Å². The van der Waals surface area contributed by atoms with Gasteiger partial charge < -0.3 is 14.6 Å². The predicted octanol–water partition coefficient (Wildman–Crippen LogP) is 3.11. The molecule has 2 heterocycles. The van der Waals surface area contributed by atoms with Gasteiger partial charge in [0.1, 0.15) is 17.1 Å². The number of benzene rings is 2. The maximum Gasteiger partial charge on any atom is 0.276 e. The monoisotopic (exact) mass is 434 g/mol. The topological polar surface area (TPSA) is 77.6 Å². The number of aromatic nitrogens is 3. The molecule has 1 N–H and O–H groups in total. The van der Waals surface area contributed by atoms with Crippen molar-refractivity contribution in [3.05, 3.63) is 88.2 Å². The molecule has 0 bridgehead atoms. The molecule has 164 valence electrons. The summed E-state index contributed by atoms with van der Waals surface area (Å²) in [5.74, 6) is -0.294. The number of halogens is 1. The first-order chi connectivity index (χ1) is 15.4. The lowest BCUT2D eigenvalue weighted by Gasteiger charge is -2.09. The number of aryl methyl sites for hydroxylation is 2. The zero-order valence-corrected chi connectivity index (χ0v) is 17.8. The molecule has 1 amide bonds. The second-order valence-electron chi connectivity index (χ2n) is 7.57. The number of fused-ring (bicyclic) bond motifs is 1. The standard InChI is InChI=1S/C24H23FN4O3/c1-16-3-8-20(17(2)13-16)21-14-22-24(31)28(11-12-29(22)27-21)10-9-26-23(30)15-32-19-6-4-18(25)5-7-19/h3-8,11-14H,9-10,15H2,1-2H3,(H,26,30). The second-order valence-corrected chi connectivity index (χ2v) is 7.57. The van der Waals surface area contributed by atoms with E-state index in [1.807, 2.05) is 26.0 Å². The first-order valence-corrected chi connectivity index (χ1v) is 10.2. The van der Waals surface area contributed by atoms with Crippen molar-refractivity contribution >= 4 is 11.4 Å². The summed E-state index contributed by atoms with van der Waals surface area (Å²) in [6.45, 7) is 4.43. The van der Waals surface area contributed by atoms with Crippen LogP contribution in [-0.2, 0) is 11.3 Å². The van der Waals surface area contributed by atoms with Crippen molar-refractivity contribution in [1.29, 1.82) is 0 Å². The van der Waals surface area contributed by atoms with E-state index in [2.05, 4.69) is 16.5 Å². The molecule has 8 heteroatoms. The number of ether oxygens (including phenoxy) is 1. The molecule has 0 atom stereocenters. The van der Waals surface area contributed by atoms with Crippen molar-refractivity contribution in [2.24, 2.45) is 0 Å². The molecule has 0 radical (unpaired) electrons. The highest BCUT2D eigenvalue weighted by Gasteiger charge is 2.11. The van der Waals surface area contributed by atoms with Crippen LogP contribution in [0.25, 0.3) is 16.8 Å². The summed E-state index contributed by atoms with van der Waals surface area (Å²) in [5, 5.41) is 7.25. The van der Waals surface area contributed by atoms with Gasteiger partial charge in [-0.1, -0.05) is 23.8 Å². The smallest absolute Gasteiger partial charge is 0.276 e. The molecule has 4 rings (SSSR count). The molecule has 0 unspecified atom stereocenters. The van der Waals surface area contributed by atoms with Crippen LogP contribution in [0, 0.1) is 19.7 Å². The number of carbonyl (C=O) groups excluding carboxylic acids is 1. The molecule has 0 spiro atoms. The van der Waals surface area contributed by atoms with E-state index in [-0.39, 0.29) is 30.4 Å². The van der Waals surface area contributed by atoms with E-state index in [1.165, 1.54) is 34.4 Å². The number of amides is 1. The van der Waals surface area contributed by atoms with Gasteiger partial charge in [-0.05, 0) is 49.7 Å². The van der Waals surface area contributed by atoms with Gasteiger partial charge in [-0.25, -0.2) is 8.91 Å². The maximum atomic E-state index is 12.9. The van der Waals surface area contributed by atoms with Gasteiger partial charge in [0, 0.05) is 31.0 Å². The van der Waals surface area contributed by atoms with E-state index < -0.39 is 0 Å². The highest BCUT2D eigenvalue weighted by molar-refractivity contribution is 5.77.